The molecular weight excluding hydrogens is 323 g/mol. The second kappa shape index (κ2) is 7.92. The zero-order valence-electron chi connectivity index (χ0n) is 12.0. The van der Waals surface area contributed by atoms with Crippen LogP contribution in [0, 0.1) is 0 Å². The van der Waals surface area contributed by atoms with Crippen molar-refractivity contribution < 1.29 is 9.53 Å². The van der Waals surface area contributed by atoms with Crippen LogP contribution in [-0.4, -0.2) is 19.6 Å². The van der Waals surface area contributed by atoms with Crippen LogP contribution in [0.3, 0.4) is 0 Å². The van der Waals surface area contributed by atoms with Gasteiger partial charge in [-0.1, -0.05) is 41.4 Å². The fraction of sp³-hybridized carbons (Fsp3) is 0.188. The van der Waals surface area contributed by atoms with Gasteiger partial charge >= 0.3 is 0 Å². The number of benzene rings is 2. The Kier molecular flexibility index (Phi) is 5.92. The van der Waals surface area contributed by atoms with E-state index in [1.54, 1.807) is 25.3 Å². The average molecular weight is 339 g/mol. The molecule has 0 saturated carbocycles. The quantitative estimate of drug-likeness (QED) is 0.843. The summed E-state index contributed by atoms with van der Waals surface area (Å²) in [5.41, 5.74) is 1.66. The molecule has 116 valence electrons. The third-order valence-corrected chi connectivity index (χ3v) is 3.78. The maximum absolute atomic E-state index is 11.9. The molecule has 0 unspecified atom stereocenters. The van der Waals surface area contributed by atoms with E-state index in [2.05, 4.69) is 10.6 Å². The van der Waals surface area contributed by atoms with Gasteiger partial charge in [0.15, 0.2) is 0 Å². The Bertz CT molecular complexity index is 662. The van der Waals surface area contributed by atoms with Crippen molar-refractivity contribution in [1.29, 1.82) is 0 Å². The number of ether oxygens (including phenoxy) is 1. The summed E-state index contributed by atoms with van der Waals surface area (Å²) in [6, 6.07) is 12.7. The number of halogens is 2. The summed E-state index contributed by atoms with van der Waals surface area (Å²) < 4.78 is 5.24. The first kappa shape index (κ1) is 16.5. The minimum absolute atomic E-state index is 0.128. The fourth-order valence-electron chi connectivity index (χ4n) is 1.89. The van der Waals surface area contributed by atoms with Crippen LogP contribution in [0.4, 0.5) is 5.69 Å². The smallest absolute Gasteiger partial charge is 0.239 e. The molecular formula is C16H16Cl2N2O2. The first-order chi connectivity index (χ1) is 10.6. The van der Waals surface area contributed by atoms with E-state index < -0.39 is 0 Å². The Morgan fingerprint density at radius 2 is 1.91 bits per heavy atom. The van der Waals surface area contributed by atoms with Crippen LogP contribution in [0.25, 0.3) is 0 Å². The van der Waals surface area contributed by atoms with Crippen LogP contribution in [-0.2, 0) is 11.3 Å². The second-order valence-corrected chi connectivity index (χ2v) is 5.39. The molecule has 0 aromatic heterocycles. The molecule has 1 amide bonds. The minimum Gasteiger partial charge on any atom is -0.496 e. The molecule has 2 N–H and O–H groups in total. The molecule has 22 heavy (non-hydrogen) atoms. The first-order valence-electron chi connectivity index (χ1n) is 6.67. The Morgan fingerprint density at radius 3 is 2.64 bits per heavy atom. The van der Waals surface area contributed by atoms with Crippen LogP contribution >= 0.6 is 23.2 Å². The van der Waals surface area contributed by atoms with Gasteiger partial charge in [-0.2, -0.15) is 0 Å². The summed E-state index contributed by atoms with van der Waals surface area (Å²) in [7, 11) is 1.60. The number of para-hydroxylation sites is 1. The van der Waals surface area contributed by atoms with Crippen LogP contribution in [0.5, 0.6) is 5.75 Å². The van der Waals surface area contributed by atoms with E-state index in [1.165, 1.54) is 0 Å². The number of methoxy groups -OCH3 is 1. The van der Waals surface area contributed by atoms with Gasteiger partial charge in [0.05, 0.1) is 23.7 Å². The molecule has 2 rings (SSSR count). The number of rotatable bonds is 6. The van der Waals surface area contributed by atoms with Crippen molar-refractivity contribution in [3.63, 3.8) is 0 Å². The number of hydrogen-bond acceptors (Lipinski definition) is 3. The minimum atomic E-state index is -0.128. The zero-order valence-corrected chi connectivity index (χ0v) is 13.5. The monoisotopic (exact) mass is 338 g/mol. The normalized spacial score (nSPS) is 10.1. The maximum Gasteiger partial charge on any atom is 0.239 e. The average Bonchev–Trinajstić information content (AvgIpc) is 2.54. The van der Waals surface area contributed by atoms with Gasteiger partial charge in [0.25, 0.3) is 0 Å². The standard InChI is InChI=1S/C16H16Cl2N2O2/c1-22-15-5-3-2-4-11(15)9-20-16(21)10-19-12-6-7-13(17)14(18)8-12/h2-8,19H,9-10H2,1H3,(H,20,21). The highest BCUT2D eigenvalue weighted by atomic mass is 35.5. The largest absolute Gasteiger partial charge is 0.496 e. The highest BCUT2D eigenvalue weighted by Crippen LogP contribution is 2.24. The fourth-order valence-corrected chi connectivity index (χ4v) is 2.19. The van der Waals surface area contributed by atoms with Gasteiger partial charge in [-0.25, -0.2) is 0 Å². The van der Waals surface area contributed by atoms with Gasteiger partial charge in [0, 0.05) is 17.8 Å². The van der Waals surface area contributed by atoms with Crippen LogP contribution < -0.4 is 15.4 Å². The molecule has 0 bridgehead atoms. The summed E-state index contributed by atoms with van der Waals surface area (Å²) in [6.45, 7) is 0.555. The van der Waals surface area contributed by atoms with E-state index >= 15 is 0 Å². The van der Waals surface area contributed by atoms with Crippen LogP contribution in [0.1, 0.15) is 5.56 Å². The summed E-state index contributed by atoms with van der Waals surface area (Å²) in [5, 5.41) is 6.75. The molecule has 0 aliphatic heterocycles. The number of anilines is 1. The molecule has 6 heteroatoms. The van der Waals surface area contributed by atoms with Crippen molar-refractivity contribution in [2.45, 2.75) is 6.54 Å². The Balaban J connectivity index is 1.84. The Morgan fingerprint density at radius 1 is 1.14 bits per heavy atom. The molecule has 0 spiro atoms. The van der Waals surface area contributed by atoms with Gasteiger partial charge in [0.2, 0.25) is 5.91 Å². The Hall–Kier alpha value is -1.91. The highest BCUT2D eigenvalue weighted by molar-refractivity contribution is 6.42. The van der Waals surface area contributed by atoms with Crippen LogP contribution in [0.2, 0.25) is 10.0 Å². The number of hydrogen-bond donors (Lipinski definition) is 2. The van der Waals surface area contributed by atoms with E-state index in [1.807, 2.05) is 24.3 Å². The maximum atomic E-state index is 11.9. The van der Waals surface area contributed by atoms with E-state index in [9.17, 15) is 4.79 Å². The molecule has 0 aliphatic carbocycles. The van der Waals surface area contributed by atoms with Crippen LogP contribution in [0.15, 0.2) is 42.5 Å². The molecule has 2 aromatic rings. The number of carbonyl (C=O) groups excluding carboxylic acids is 1. The number of amides is 1. The molecule has 0 radical (unpaired) electrons. The van der Waals surface area contributed by atoms with Crippen molar-refractivity contribution in [3.8, 4) is 5.75 Å². The highest BCUT2D eigenvalue weighted by Gasteiger charge is 2.05. The van der Waals surface area contributed by atoms with Gasteiger partial charge in [-0.3, -0.25) is 4.79 Å². The summed E-state index contributed by atoms with van der Waals surface area (Å²) >= 11 is 11.8. The predicted molar refractivity (Wildman–Crippen MR) is 89.8 cm³/mol. The molecule has 0 atom stereocenters. The van der Waals surface area contributed by atoms with E-state index in [0.717, 1.165) is 17.0 Å². The third-order valence-electron chi connectivity index (χ3n) is 3.04. The Labute approximate surface area is 139 Å². The van der Waals surface area contributed by atoms with Gasteiger partial charge in [0.1, 0.15) is 5.75 Å². The SMILES string of the molecule is COc1ccccc1CNC(=O)CNc1ccc(Cl)c(Cl)c1. The molecule has 0 saturated heterocycles. The topological polar surface area (TPSA) is 50.4 Å². The molecule has 2 aromatic carbocycles. The molecule has 0 aliphatic rings. The first-order valence-corrected chi connectivity index (χ1v) is 7.43. The molecule has 4 nitrogen and oxygen atoms in total. The second-order valence-electron chi connectivity index (χ2n) is 4.57. The summed E-state index contributed by atoms with van der Waals surface area (Å²) in [5.74, 6) is 0.622. The summed E-state index contributed by atoms with van der Waals surface area (Å²) in [6.07, 6.45) is 0. The van der Waals surface area contributed by atoms with E-state index in [-0.39, 0.29) is 12.5 Å². The zero-order chi connectivity index (χ0) is 15.9. The van der Waals surface area contributed by atoms with Crippen molar-refractivity contribution in [2.24, 2.45) is 0 Å². The van der Waals surface area contributed by atoms with Crippen molar-refractivity contribution in [2.75, 3.05) is 19.0 Å². The third kappa shape index (κ3) is 4.55. The van der Waals surface area contributed by atoms with E-state index in [0.29, 0.717) is 16.6 Å². The van der Waals surface area contributed by atoms with Crippen molar-refractivity contribution >= 4 is 34.8 Å². The summed E-state index contributed by atoms with van der Waals surface area (Å²) in [4.78, 5) is 11.9. The molecule has 0 heterocycles. The lowest BCUT2D eigenvalue weighted by Crippen LogP contribution is -2.29. The van der Waals surface area contributed by atoms with Gasteiger partial charge in [-0.15, -0.1) is 0 Å². The predicted octanol–water partition coefficient (Wildman–Crippen LogP) is 3.73. The number of nitrogens with one attached hydrogen (secondary N) is 2. The lowest BCUT2D eigenvalue weighted by atomic mass is 10.2. The number of carbonyl (C=O) groups is 1. The van der Waals surface area contributed by atoms with Crippen molar-refractivity contribution in [1.82, 2.24) is 5.32 Å². The van der Waals surface area contributed by atoms with E-state index in [4.69, 9.17) is 27.9 Å². The lowest BCUT2D eigenvalue weighted by Gasteiger charge is -2.11. The van der Waals surface area contributed by atoms with Crippen molar-refractivity contribution in [3.05, 3.63) is 58.1 Å². The lowest BCUT2D eigenvalue weighted by molar-refractivity contribution is -0.119. The molecule has 0 fully saturated rings. The van der Waals surface area contributed by atoms with Gasteiger partial charge < -0.3 is 15.4 Å². The van der Waals surface area contributed by atoms with Gasteiger partial charge in [-0.05, 0) is 24.3 Å².